The predicted octanol–water partition coefficient (Wildman–Crippen LogP) is 1.93. The van der Waals surface area contributed by atoms with Gasteiger partial charge < -0.3 is 0 Å². The second kappa shape index (κ2) is 7.49. The highest BCUT2D eigenvalue weighted by Gasteiger charge is 2.29. The molecule has 1 aliphatic rings. The molecule has 3 N–H and O–H groups in total. The summed E-state index contributed by atoms with van der Waals surface area (Å²) in [6.07, 6.45) is 1.52. The first-order valence-corrected chi connectivity index (χ1v) is 10.8. The predicted molar refractivity (Wildman–Crippen MR) is 118 cm³/mol. The number of benzene rings is 2. The lowest BCUT2D eigenvalue weighted by molar-refractivity contribution is -0.114. The van der Waals surface area contributed by atoms with Gasteiger partial charge in [0.05, 0.1) is 33.1 Å². The highest BCUT2D eigenvalue weighted by atomic mass is 32.2. The van der Waals surface area contributed by atoms with Gasteiger partial charge in [-0.15, -0.1) is 0 Å². The van der Waals surface area contributed by atoms with E-state index in [-0.39, 0.29) is 16.4 Å². The summed E-state index contributed by atoms with van der Waals surface area (Å²) in [4.78, 5) is 25.9. The van der Waals surface area contributed by atoms with Crippen LogP contribution in [-0.2, 0) is 14.8 Å². The number of H-pyrrole nitrogens is 1. The molecule has 0 saturated carbocycles. The molecule has 0 aliphatic carbocycles. The van der Waals surface area contributed by atoms with Crippen LogP contribution in [0.5, 0.6) is 0 Å². The first kappa shape index (κ1) is 20.5. The summed E-state index contributed by atoms with van der Waals surface area (Å²) in [5, 5.41) is 13.7. The van der Waals surface area contributed by atoms with Crippen LogP contribution < -0.4 is 15.7 Å². The monoisotopic (exact) mass is 437 g/mol. The Hall–Kier alpha value is -3.76. The molecule has 0 unspecified atom stereocenters. The number of carbonyl (C=O) groups is 1. The fraction of sp³-hybridized carbons (Fsp3) is 0.0952. The summed E-state index contributed by atoms with van der Waals surface area (Å²) < 4.78 is 24.1. The minimum absolute atomic E-state index is 0.0562. The van der Waals surface area contributed by atoms with Crippen LogP contribution in [0.2, 0.25) is 0 Å². The molecule has 1 aromatic heterocycles. The van der Waals surface area contributed by atoms with E-state index in [2.05, 4.69) is 10.2 Å². The quantitative estimate of drug-likeness (QED) is 0.604. The molecule has 4 rings (SSSR count). The van der Waals surface area contributed by atoms with Gasteiger partial charge in [0.15, 0.2) is 0 Å². The van der Waals surface area contributed by atoms with Crippen molar-refractivity contribution in [3.8, 4) is 5.69 Å². The summed E-state index contributed by atoms with van der Waals surface area (Å²) in [7, 11) is -3.83. The van der Waals surface area contributed by atoms with E-state index in [9.17, 15) is 18.0 Å². The van der Waals surface area contributed by atoms with Crippen molar-refractivity contribution in [1.29, 1.82) is 0 Å². The van der Waals surface area contributed by atoms with E-state index in [0.29, 0.717) is 33.9 Å². The summed E-state index contributed by atoms with van der Waals surface area (Å²) in [6.45, 7) is 3.42. The largest absolute Gasteiger partial charge is 0.295 e. The maximum Gasteiger partial charge on any atom is 0.280 e. The second-order valence-corrected chi connectivity index (χ2v) is 8.59. The zero-order valence-corrected chi connectivity index (χ0v) is 17.6. The third-order valence-corrected chi connectivity index (χ3v) is 5.82. The van der Waals surface area contributed by atoms with Crippen LogP contribution in [0, 0.1) is 6.92 Å². The number of sulfonamides is 1. The highest BCUT2D eigenvalue weighted by molar-refractivity contribution is 7.89. The average molecular weight is 437 g/mol. The summed E-state index contributed by atoms with van der Waals surface area (Å²) in [5.74, 6) is -0.326. The van der Waals surface area contributed by atoms with Gasteiger partial charge in [-0.25, -0.2) is 18.2 Å². The van der Waals surface area contributed by atoms with Crippen LogP contribution in [0.4, 0.5) is 5.69 Å². The maximum absolute atomic E-state index is 13.0. The van der Waals surface area contributed by atoms with Crippen molar-refractivity contribution in [2.45, 2.75) is 18.7 Å². The Balaban J connectivity index is 1.72. The number of nitrogens with one attached hydrogen (secondary N) is 1. The average Bonchev–Trinajstić information content (AvgIpc) is 3.19. The van der Waals surface area contributed by atoms with E-state index in [1.807, 2.05) is 18.2 Å². The fourth-order valence-electron chi connectivity index (χ4n) is 3.27. The summed E-state index contributed by atoms with van der Waals surface area (Å²) in [5.41, 5.74) is 2.35. The van der Waals surface area contributed by atoms with Gasteiger partial charge in [0.2, 0.25) is 10.0 Å². The van der Waals surface area contributed by atoms with Crippen LogP contribution in [0.25, 0.3) is 11.8 Å². The van der Waals surface area contributed by atoms with Crippen molar-refractivity contribution in [2.24, 2.45) is 10.2 Å². The Morgan fingerprint density at radius 2 is 1.61 bits per heavy atom. The molecule has 9 nitrogen and oxygen atoms in total. The van der Waals surface area contributed by atoms with E-state index in [1.54, 1.807) is 26.0 Å². The normalized spacial score (nSPS) is 15.6. The van der Waals surface area contributed by atoms with Crippen LogP contribution in [-0.4, -0.2) is 29.8 Å². The van der Waals surface area contributed by atoms with Gasteiger partial charge in [0, 0.05) is 5.69 Å². The number of aromatic amines is 1. The lowest BCUT2D eigenvalue weighted by Crippen LogP contribution is -2.21. The zero-order chi connectivity index (χ0) is 22.3. The van der Waals surface area contributed by atoms with Crippen LogP contribution in [0.3, 0.4) is 0 Å². The lowest BCUT2D eigenvalue weighted by atomic mass is 10.1. The minimum atomic E-state index is -3.83. The van der Waals surface area contributed by atoms with Gasteiger partial charge in [-0.1, -0.05) is 18.2 Å². The molecule has 1 aliphatic heterocycles. The topological polar surface area (TPSA) is 131 Å². The first-order chi connectivity index (χ1) is 14.7. The number of amides is 1. The molecule has 3 aromatic rings. The number of hydrazone groups is 1. The number of nitrogens with two attached hydrogens (primary N) is 1. The zero-order valence-electron chi connectivity index (χ0n) is 16.7. The number of carbonyl (C=O) groups excluding carboxylic acids is 1. The van der Waals surface area contributed by atoms with E-state index in [1.165, 1.54) is 40.0 Å². The standard InChI is InChI=1S/C21H19N5O4S/c1-13-18(20(27)25(23-13)15-6-4-3-5-7-15)12-19-14(2)24-26(21(19)28)16-8-10-17(11-9-16)31(22,29)30/h3-12,24H,1-2H3,(H2,22,29,30)/b18-12-. The molecule has 2 aromatic carbocycles. The van der Waals surface area contributed by atoms with Crippen molar-refractivity contribution < 1.29 is 13.2 Å². The van der Waals surface area contributed by atoms with Gasteiger partial charge in [0.25, 0.3) is 11.5 Å². The van der Waals surface area contributed by atoms with E-state index in [4.69, 9.17) is 5.14 Å². The number of hydrogen-bond donors (Lipinski definition) is 2. The molecule has 10 heteroatoms. The number of anilines is 1. The highest BCUT2D eigenvalue weighted by Crippen LogP contribution is 2.24. The van der Waals surface area contributed by atoms with E-state index < -0.39 is 10.0 Å². The van der Waals surface area contributed by atoms with Gasteiger partial charge in [-0.05, 0) is 56.3 Å². The Labute approximate surface area is 178 Å². The molecule has 1 amide bonds. The molecule has 0 saturated heterocycles. The van der Waals surface area contributed by atoms with E-state index >= 15 is 0 Å². The van der Waals surface area contributed by atoms with Crippen molar-refractivity contribution in [2.75, 3.05) is 5.01 Å². The minimum Gasteiger partial charge on any atom is -0.295 e. The molecule has 31 heavy (non-hydrogen) atoms. The SMILES string of the molecule is CC1=NN(c2ccccc2)C(=O)/C1=C\c1c(C)[nH]n(-c2ccc(S(N)(=O)=O)cc2)c1=O. The number of para-hydroxylation sites is 1. The second-order valence-electron chi connectivity index (χ2n) is 7.03. The van der Waals surface area contributed by atoms with Crippen LogP contribution >= 0.6 is 0 Å². The Morgan fingerprint density at radius 3 is 2.23 bits per heavy atom. The molecule has 0 atom stereocenters. The molecular weight excluding hydrogens is 418 g/mol. The van der Waals surface area contributed by atoms with E-state index in [0.717, 1.165) is 0 Å². The van der Waals surface area contributed by atoms with Gasteiger partial charge >= 0.3 is 0 Å². The molecule has 0 spiro atoms. The van der Waals surface area contributed by atoms with Gasteiger partial charge in [0.1, 0.15) is 0 Å². The Bertz CT molecular complexity index is 1400. The van der Waals surface area contributed by atoms with Crippen LogP contribution in [0.15, 0.2) is 75.0 Å². The third kappa shape index (κ3) is 3.74. The van der Waals surface area contributed by atoms with Crippen molar-refractivity contribution in [1.82, 2.24) is 9.78 Å². The number of rotatable bonds is 4. The third-order valence-electron chi connectivity index (χ3n) is 4.89. The summed E-state index contributed by atoms with van der Waals surface area (Å²) in [6, 6.07) is 14.6. The van der Waals surface area contributed by atoms with Crippen molar-refractivity contribution >= 4 is 33.4 Å². The lowest BCUT2D eigenvalue weighted by Gasteiger charge is -2.10. The smallest absolute Gasteiger partial charge is 0.280 e. The fourth-order valence-corrected chi connectivity index (χ4v) is 3.78. The first-order valence-electron chi connectivity index (χ1n) is 9.28. The number of nitrogens with zero attached hydrogens (tertiary/aromatic N) is 3. The molecular formula is C21H19N5O4S. The van der Waals surface area contributed by atoms with Crippen LogP contribution in [0.1, 0.15) is 18.2 Å². The Morgan fingerprint density at radius 1 is 0.968 bits per heavy atom. The van der Waals surface area contributed by atoms with Crippen molar-refractivity contribution in [3.05, 3.63) is 81.8 Å². The van der Waals surface area contributed by atoms with Gasteiger partial charge in [-0.2, -0.15) is 10.1 Å². The van der Waals surface area contributed by atoms with Gasteiger partial charge in [-0.3, -0.25) is 14.7 Å². The molecule has 0 fully saturated rings. The maximum atomic E-state index is 13.0. The molecule has 2 heterocycles. The summed E-state index contributed by atoms with van der Waals surface area (Å²) >= 11 is 0. The molecule has 158 valence electrons. The Kier molecular flexibility index (Phi) is 4.96. The number of hydrogen-bond acceptors (Lipinski definition) is 5. The number of aromatic nitrogens is 2. The molecule has 0 bridgehead atoms. The van der Waals surface area contributed by atoms with Crippen molar-refractivity contribution in [3.63, 3.8) is 0 Å². The molecule has 0 radical (unpaired) electrons. The number of primary sulfonamides is 1. The number of aryl methyl sites for hydroxylation is 1.